The summed E-state index contributed by atoms with van der Waals surface area (Å²) in [5.41, 5.74) is -3.09. The van der Waals surface area contributed by atoms with Gasteiger partial charge in [0.1, 0.15) is 23.9 Å². The Labute approximate surface area is 251 Å². The highest BCUT2D eigenvalue weighted by Gasteiger charge is 2.50. The predicted octanol–water partition coefficient (Wildman–Crippen LogP) is 0.814. The van der Waals surface area contributed by atoms with Crippen LogP contribution in [0.4, 0.5) is 0 Å². The third-order valence-corrected chi connectivity index (χ3v) is 9.41. The number of hydrogen-bond acceptors (Lipinski definition) is 11. The lowest BCUT2D eigenvalue weighted by Gasteiger charge is -2.47. The molecule has 0 spiro atoms. The molecule has 1 amide bonds. The maximum absolute atomic E-state index is 13.3. The molecule has 5 N–H and O–H groups in total. The second-order valence-electron chi connectivity index (χ2n) is 13.2. The van der Waals surface area contributed by atoms with Gasteiger partial charge in [-0.1, -0.05) is 20.8 Å². The third kappa shape index (κ3) is 8.01. The number of carbonyl (C=O) groups is 2. The molecule has 2 heterocycles. The van der Waals surface area contributed by atoms with Crippen molar-refractivity contribution in [1.82, 2.24) is 10.2 Å². The van der Waals surface area contributed by atoms with Gasteiger partial charge in [0.15, 0.2) is 6.29 Å². The lowest BCUT2D eigenvalue weighted by atomic mass is 9.77. The van der Waals surface area contributed by atoms with E-state index < -0.39 is 83.7 Å². The molecule has 2 fully saturated rings. The van der Waals surface area contributed by atoms with Crippen molar-refractivity contribution in [2.45, 2.75) is 141 Å². The standard InChI is InChI=1S/C30H56N2O10/c1-12-21-30(8,38)24(35)19(6)31-26(36)15(2)14-29(7,39-11)25(17(4)22(33)18(5)27(37)41-21)42-28-23(34)20(32(9)10)13-16(3)40-28/h15-25,28,33-35,38H,12-14H2,1-11H3,(H,31,36)/t15-,16-,17+,18-,19-,20-,21-,22+,23-,24-,25-,28+,29-,30-/m1/s1. The molecule has 0 radical (unpaired) electrons. The minimum Gasteiger partial charge on any atom is -0.459 e. The van der Waals surface area contributed by atoms with Gasteiger partial charge >= 0.3 is 5.97 Å². The highest BCUT2D eigenvalue weighted by molar-refractivity contribution is 5.78. The Bertz CT molecular complexity index is 903. The van der Waals surface area contributed by atoms with E-state index in [1.54, 1.807) is 34.6 Å². The van der Waals surface area contributed by atoms with Gasteiger partial charge in [-0.3, -0.25) is 9.59 Å². The van der Waals surface area contributed by atoms with Crippen LogP contribution in [0.15, 0.2) is 0 Å². The molecule has 42 heavy (non-hydrogen) atoms. The van der Waals surface area contributed by atoms with Crippen molar-refractivity contribution in [3.63, 3.8) is 0 Å². The zero-order valence-electron chi connectivity index (χ0n) is 27.2. The monoisotopic (exact) mass is 604 g/mol. The molecule has 12 nitrogen and oxygen atoms in total. The molecule has 2 saturated heterocycles. The fourth-order valence-corrected chi connectivity index (χ4v) is 6.42. The fourth-order valence-electron chi connectivity index (χ4n) is 6.42. The lowest BCUT2D eigenvalue weighted by Crippen LogP contribution is -2.60. The summed E-state index contributed by atoms with van der Waals surface area (Å²) < 4.78 is 24.2. The number of cyclic esters (lactones) is 1. The Morgan fingerprint density at radius 3 is 2.17 bits per heavy atom. The van der Waals surface area contributed by atoms with Crippen LogP contribution in [0.5, 0.6) is 0 Å². The van der Waals surface area contributed by atoms with E-state index in [1.807, 2.05) is 25.9 Å². The van der Waals surface area contributed by atoms with Gasteiger partial charge in [0, 0.05) is 25.0 Å². The van der Waals surface area contributed by atoms with Crippen LogP contribution in [0.25, 0.3) is 0 Å². The first-order valence-electron chi connectivity index (χ1n) is 15.1. The first-order valence-corrected chi connectivity index (χ1v) is 15.1. The average Bonchev–Trinajstić information content (AvgIpc) is 2.93. The molecule has 0 saturated carbocycles. The van der Waals surface area contributed by atoms with Crippen molar-refractivity contribution in [1.29, 1.82) is 0 Å². The smallest absolute Gasteiger partial charge is 0.311 e. The van der Waals surface area contributed by atoms with E-state index in [9.17, 15) is 30.0 Å². The van der Waals surface area contributed by atoms with Crippen molar-refractivity contribution in [2.75, 3.05) is 21.2 Å². The number of nitrogens with zero attached hydrogens (tertiary/aromatic N) is 1. The molecular weight excluding hydrogens is 548 g/mol. The minimum absolute atomic E-state index is 0.127. The second kappa shape index (κ2) is 14.6. The van der Waals surface area contributed by atoms with Crippen molar-refractivity contribution in [3.8, 4) is 0 Å². The van der Waals surface area contributed by atoms with Crippen molar-refractivity contribution in [2.24, 2.45) is 17.8 Å². The topological polar surface area (TPSA) is 167 Å². The van der Waals surface area contributed by atoms with E-state index in [0.717, 1.165) is 0 Å². The van der Waals surface area contributed by atoms with Gasteiger partial charge in [-0.25, -0.2) is 0 Å². The zero-order chi connectivity index (χ0) is 32.3. The Hall–Kier alpha value is -1.38. The molecule has 14 atom stereocenters. The van der Waals surface area contributed by atoms with Gasteiger partial charge in [-0.05, 0) is 68.0 Å². The number of methoxy groups -OCH3 is 1. The van der Waals surface area contributed by atoms with Gasteiger partial charge in [0.2, 0.25) is 5.91 Å². The number of amides is 1. The maximum atomic E-state index is 13.3. The molecule has 0 aromatic heterocycles. The normalized spacial score (nSPS) is 46.9. The van der Waals surface area contributed by atoms with Crippen LogP contribution in [-0.2, 0) is 28.5 Å². The molecule has 0 bridgehead atoms. The van der Waals surface area contributed by atoms with Crippen LogP contribution in [0.2, 0.25) is 0 Å². The average molecular weight is 605 g/mol. The summed E-state index contributed by atoms with van der Waals surface area (Å²) in [6.07, 6.45) is -6.25. The van der Waals surface area contributed by atoms with Gasteiger partial charge < -0.3 is 49.6 Å². The van der Waals surface area contributed by atoms with Crippen LogP contribution >= 0.6 is 0 Å². The number of aliphatic hydroxyl groups is 4. The van der Waals surface area contributed by atoms with Crippen LogP contribution in [0, 0.1) is 17.8 Å². The Kier molecular flexibility index (Phi) is 12.8. The lowest BCUT2D eigenvalue weighted by molar-refractivity contribution is -0.301. The molecule has 2 aliphatic heterocycles. The number of ether oxygens (including phenoxy) is 4. The summed E-state index contributed by atoms with van der Waals surface area (Å²) >= 11 is 0. The highest BCUT2D eigenvalue weighted by atomic mass is 16.7. The molecule has 246 valence electrons. The van der Waals surface area contributed by atoms with E-state index in [-0.39, 0.29) is 25.0 Å². The number of likely N-dealkylation sites (N-methyl/N-ethyl adjacent to an activating group) is 1. The van der Waals surface area contributed by atoms with E-state index in [1.165, 1.54) is 21.0 Å². The fraction of sp³-hybridized carbons (Fsp3) is 0.933. The van der Waals surface area contributed by atoms with Crippen molar-refractivity contribution in [3.05, 3.63) is 0 Å². The van der Waals surface area contributed by atoms with Gasteiger partial charge in [-0.2, -0.15) is 0 Å². The van der Waals surface area contributed by atoms with Gasteiger partial charge in [0.05, 0.1) is 35.9 Å². The van der Waals surface area contributed by atoms with Crippen LogP contribution in [-0.4, -0.2) is 125 Å². The van der Waals surface area contributed by atoms with E-state index in [0.29, 0.717) is 6.42 Å². The van der Waals surface area contributed by atoms with Gasteiger partial charge in [-0.15, -0.1) is 0 Å². The zero-order valence-corrected chi connectivity index (χ0v) is 27.2. The van der Waals surface area contributed by atoms with E-state index in [4.69, 9.17) is 18.9 Å². The Morgan fingerprint density at radius 1 is 1.05 bits per heavy atom. The number of carbonyl (C=O) groups excluding carboxylic acids is 2. The second-order valence-corrected chi connectivity index (χ2v) is 13.2. The van der Waals surface area contributed by atoms with E-state index >= 15 is 0 Å². The van der Waals surface area contributed by atoms with Crippen molar-refractivity contribution >= 4 is 11.9 Å². The summed E-state index contributed by atoms with van der Waals surface area (Å²) in [7, 11) is 5.21. The molecule has 2 aliphatic rings. The maximum Gasteiger partial charge on any atom is 0.311 e. The third-order valence-electron chi connectivity index (χ3n) is 9.41. The van der Waals surface area contributed by atoms with Crippen LogP contribution in [0.1, 0.15) is 74.7 Å². The highest BCUT2D eigenvalue weighted by Crippen LogP contribution is 2.37. The molecule has 0 aromatic carbocycles. The summed E-state index contributed by atoms with van der Waals surface area (Å²) in [4.78, 5) is 28.5. The quantitative estimate of drug-likeness (QED) is 0.282. The molecule has 0 aliphatic carbocycles. The largest absolute Gasteiger partial charge is 0.459 e. The Balaban J connectivity index is 2.59. The molecular formula is C30H56N2O10. The van der Waals surface area contributed by atoms with Crippen LogP contribution < -0.4 is 5.32 Å². The first-order chi connectivity index (χ1) is 19.3. The predicted molar refractivity (Wildman–Crippen MR) is 155 cm³/mol. The minimum atomic E-state index is -1.89. The number of hydrogen-bond donors (Lipinski definition) is 5. The van der Waals surface area contributed by atoms with Crippen LogP contribution in [0.3, 0.4) is 0 Å². The van der Waals surface area contributed by atoms with Crippen molar-refractivity contribution < 1.29 is 49.0 Å². The van der Waals surface area contributed by atoms with Gasteiger partial charge in [0.25, 0.3) is 0 Å². The number of rotatable bonds is 5. The molecule has 0 aromatic rings. The first kappa shape index (κ1) is 36.8. The Morgan fingerprint density at radius 2 is 1.64 bits per heavy atom. The SMILES string of the molecule is CC[C@H]1OC(=O)[C@H](C)[C@@H](O)[C@H](C)[C@@H](O[C@@H]2O[C@H](C)C[C@@H](N(C)C)[C@H]2O)[C@](C)(OC)C[C@@H](C)C(=O)N[C@H](C)[C@@H](O)[C@]1(C)O. The summed E-state index contributed by atoms with van der Waals surface area (Å²) in [5.74, 6) is -3.63. The number of nitrogens with one attached hydrogen (secondary N) is 1. The molecule has 12 heteroatoms. The number of aliphatic hydroxyl groups excluding tert-OH is 3. The number of esters is 1. The molecule has 2 rings (SSSR count). The summed E-state index contributed by atoms with van der Waals surface area (Å²) in [5, 5.41) is 47.8. The summed E-state index contributed by atoms with van der Waals surface area (Å²) in [6.45, 7) is 13.2. The summed E-state index contributed by atoms with van der Waals surface area (Å²) in [6, 6.07) is -1.13. The van der Waals surface area contributed by atoms with E-state index in [2.05, 4.69) is 5.32 Å². The molecule has 0 unspecified atom stereocenters.